The second-order valence-corrected chi connectivity index (χ2v) is 4.47. The van der Waals surface area contributed by atoms with E-state index in [1.807, 2.05) is 0 Å². The zero-order valence-corrected chi connectivity index (χ0v) is 11.2. The lowest BCUT2D eigenvalue weighted by atomic mass is 10.2. The first kappa shape index (κ1) is 12.6. The SMILES string of the molecule is Cn1ncnc1COC(=O)c1cc(N)ccc1Br. The van der Waals surface area contributed by atoms with Gasteiger partial charge in [0.05, 0.1) is 5.56 Å². The highest BCUT2D eigenvalue weighted by molar-refractivity contribution is 9.10. The number of nitrogen functional groups attached to an aromatic ring is 1. The van der Waals surface area contributed by atoms with Crippen LogP contribution >= 0.6 is 15.9 Å². The minimum Gasteiger partial charge on any atom is -0.454 e. The van der Waals surface area contributed by atoms with Gasteiger partial charge in [0.1, 0.15) is 6.33 Å². The van der Waals surface area contributed by atoms with Crippen molar-refractivity contribution in [2.45, 2.75) is 6.61 Å². The number of aryl methyl sites for hydroxylation is 1. The van der Waals surface area contributed by atoms with Gasteiger partial charge in [-0.25, -0.2) is 9.78 Å². The molecule has 7 heteroatoms. The third kappa shape index (κ3) is 2.67. The molecule has 0 unspecified atom stereocenters. The maximum Gasteiger partial charge on any atom is 0.339 e. The Morgan fingerprint density at radius 2 is 2.33 bits per heavy atom. The zero-order valence-electron chi connectivity index (χ0n) is 9.63. The fourth-order valence-corrected chi connectivity index (χ4v) is 1.77. The molecule has 2 rings (SSSR count). The van der Waals surface area contributed by atoms with Crippen molar-refractivity contribution in [3.63, 3.8) is 0 Å². The summed E-state index contributed by atoms with van der Waals surface area (Å²) in [6, 6.07) is 4.96. The number of carbonyl (C=O) groups is 1. The molecule has 0 radical (unpaired) electrons. The normalized spacial score (nSPS) is 10.3. The number of anilines is 1. The predicted molar refractivity (Wildman–Crippen MR) is 68.7 cm³/mol. The van der Waals surface area contributed by atoms with E-state index in [0.717, 1.165) is 0 Å². The highest BCUT2D eigenvalue weighted by atomic mass is 79.9. The molecule has 2 N–H and O–H groups in total. The van der Waals surface area contributed by atoms with Crippen molar-refractivity contribution >= 4 is 27.6 Å². The van der Waals surface area contributed by atoms with Crippen LogP contribution in [0.1, 0.15) is 16.2 Å². The Morgan fingerprint density at radius 1 is 1.56 bits per heavy atom. The van der Waals surface area contributed by atoms with Gasteiger partial charge in [0.15, 0.2) is 12.4 Å². The number of nitrogens with zero attached hydrogens (tertiary/aromatic N) is 3. The summed E-state index contributed by atoms with van der Waals surface area (Å²) in [7, 11) is 1.73. The van der Waals surface area contributed by atoms with Gasteiger partial charge in [0.2, 0.25) is 0 Å². The minimum absolute atomic E-state index is 0.0660. The van der Waals surface area contributed by atoms with Crippen molar-refractivity contribution in [1.29, 1.82) is 0 Å². The number of carbonyl (C=O) groups excluding carboxylic acids is 1. The number of esters is 1. The molecule has 1 aromatic heterocycles. The molecule has 0 atom stereocenters. The Morgan fingerprint density at radius 3 is 3.00 bits per heavy atom. The van der Waals surface area contributed by atoms with E-state index in [0.29, 0.717) is 21.5 Å². The van der Waals surface area contributed by atoms with E-state index in [1.54, 1.807) is 29.9 Å². The largest absolute Gasteiger partial charge is 0.454 e. The van der Waals surface area contributed by atoms with Gasteiger partial charge in [-0.05, 0) is 34.1 Å². The standard InChI is InChI=1S/C11H11BrN4O2/c1-16-10(14-6-15-16)5-18-11(17)8-4-7(13)2-3-9(8)12/h2-4,6H,5,13H2,1H3. The first-order valence-corrected chi connectivity index (χ1v) is 5.92. The van der Waals surface area contributed by atoms with Crippen LogP contribution in [0.15, 0.2) is 29.0 Å². The number of rotatable bonds is 3. The van der Waals surface area contributed by atoms with E-state index in [-0.39, 0.29) is 6.61 Å². The first-order valence-electron chi connectivity index (χ1n) is 5.13. The van der Waals surface area contributed by atoms with Crippen LogP contribution in [0.5, 0.6) is 0 Å². The number of benzene rings is 1. The molecule has 0 bridgehead atoms. The quantitative estimate of drug-likeness (QED) is 0.686. The highest BCUT2D eigenvalue weighted by Gasteiger charge is 2.13. The Balaban J connectivity index is 2.08. The molecule has 0 aliphatic carbocycles. The van der Waals surface area contributed by atoms with Crippen LogP contribution in [0.25, 0.3) is 0 Å². The molecule has 0 amide bonds. The average Bonchev–Trinajstić information content (AvgIpc) is 2.75. The summed E-state index contributed by atoms with van der Waals surface area (Å²) >= 11 is 3.27. The fourth-order valence-electron chi connectivity index (χ4n) is 1.36. The predicted octanol–water partition coefficient (Wildman–Crippen LogP) is 1.52. The van der Waals surface area contributed by atoms with Crippen molar-refractivity contribution in [1.82, 2.24) is 14.8 Å². The lowest BCUT2D eigenvalue weighted by Gasteiger charge is -2.06. The van der Waals surface area contributed by atoms with Gasteiger partial charge >= 0.3 is 5.97 Å². The molecule has 1 heterocycles. The van der Waals surface area contributed by atoms with Crippen LogP contribution in [-0.2, 0) is 18.4 Å². The topological polar surface area (TPSA) is 83.0 Å². The summed E-state index contributed by atoms with van der Waals surface area (Å²) in [5, 5.41) is 3.88. The van der Waals surface area contributed by atoms with Gasteiger partial charge in [-0.1, -0.05) is 0 Å². The number of hydrogen-bond donors (Lipinski definition) is 1. The molecular formula is C11H11BrN4O2. The van der Waals surface area contributed by atoms with Crippen LogP contribution < -0.4 is 5.73 Å². The molecule has 0 spiro atoms. The van der Waals surface area contributed by atoms with E-state index >= 15 is 0 Å². The Hall–Kier alpha value is -1.89. The van der Waals surface area contributed by atoms with E-state index in [2.05, 4.69) is 26.0 Å². The molecule has 0 aliphatic rings. The average molecular weight is 311 g/mol. The summed E-state index contributed by atoms with van der Waals surface area (Å²) in [6.45, 7) is 0.0660. The van der Waals surface area contributed by atoms with Crippen molar-refractivity contribution < 1.29 is 9.53 Å². The zero-order chi connectivity index (χ0) is 13.1. The van der Waals surface area contributed by atoms with Crippen LogP contribution in [-0.4, -0.2) is 20.7 Å². The number of hydrogen-bond acceptors (Lipinski definition) is 5. The maximum atomic E-state index is 11.9. The lowest BCUT2D eigenvalue weighted by Crippen LogP contribution is -2.09. The fraction of sp³-hybridized carbons (Fsp3) is 0.182. The molecular weight excluding hydrogens is 300 g/mol. The van der Waals surface area contributed by atoms with E-state index in [4.69, 9.17) is 10.5 Å². The monoisotopic (exact) mass is 310 g/mol. The molecule has 0 saturated heterocycles. The molecule has 18 heavy (non-hydrogen) atoms. The van der Waals surface area contributed by atoms with Gasteiger partial charge in [-0.3, -0.25) is 4.68 Å². The van der Waals surface area contributed by atoms with Gasteiger partial charge in [-0.2, -0.15) is 5.10 Å². The van der Waals surface area contributed by atoms with Crippen LogP contribution in [0.4, 0.5) is 5.69 Å². The third-order valence-electron chi connectivity index (χ3n) is 2.35. The van der Waals surface area contributed by atoms with Crippen molar-refractivity contribution in [2.75, 3.05) is 5.73 Å². The first-order chi connectivity index (χ1) is 8.58. The smallest absolute Gasteiger partial charge is 0.339 e. The summed E-state index contributed by atoms with van der Waals surface area (Å²) in [5.74, 6) is 0.112. The van der Waals surface area contributed by atoms with E-state index < -0.39 is 5.97 Å². The van der Waals surface area contributed by atoms with Crippen LogP contribution in [0.2, 0.25) is 0 Å². The lowest BCUT2D eigenvalue weighted by molar-refractivity contribution is 0.0457. The van der Waals surface area contributed by atoms with E-state index in [9.17, 15) is 4.79 Å². The Kier molecular flexibility index (Phi) is 3.61. The summed E-state index contributed by atoms with van der Waals surface area (Å²) in [5.41, 5.74) is 6.51. The Bertz CT molecular complexity index is 582. The summed E-state index contributed by atoms with van der Waals surface area (Å²) in [6.07, 6.45) is 1.40. The minimum atomic E-state index is -0.461. The molecule has 0 aliphatic heterocycles. The summed E-state index contributed by atoms with van der Waals surface area (Å²) < 4.78 is 7.32. The second kappa shape index (κ2) is 5.18. The van der Waals surface area contributed by atoms with E-state index in [1.165, 1.54) is 6.33 Å². The molecule has 0 saturated carbocycles. The molecule has 0 fully saturated rings. The molecule has 1 aromatic carbocycles. The van der Waals surface area contributed by atoms with Gasteiger partial charge < -0.3 is 10.5 Å². The Labute approximate surface area is 112 Å². The van der Waals surface area contributed by atoms with Crippen molar-refractivity contribution in [3.05, 3.63) is 40.4 Å². The van der Waals surface area contributed by atoms with Gasteiger partial charge in [0, 0.05) is 17.2 Å². The summed E-state index contributed by atoms with van der Waals surface area (Å²) in [4.78, 5) is 15.8. The number of nitrogens with two attached hydrogens (primary N) is 1. The van der Waals surface area contributed by atoms with Gasteiger partial charge in [-0.15, -0.1) is 0 Å². The number of aromatic nitrogens is 3. The maximum absolute atomic E-state index is 11.9. The van der Waals surface area contributed by atoms with Crippen LogP contribution in [0, 0.1) is 0 Å². The molecule has 94 valence electrons. The third-order valence-corrected chi connectivity index (χ3v) is 3.04. The number of ether oxygens (including phenoxy) is 1. The van der Waals surface area contributed by atoms with Crippen LogP contribution in [0.3, 0.4) is 0 Å². The molecule has 2 aromatic rings. The second-order valence-electron chi connectivity index (χ2n) is 3.62. The molecule has 6 nitrogen and oxygen atoms in total. The van der Waals surface area contributed by atoms with Gasteiger partial charge in [0.25, 0.3) is 0 Å². The van der Waals surface area contributed by atoms with Crippen molar-refractivity contribution in [3.8, 4) is 0 Å². The van der Waals surface area contributed by atoms with Crippen molar-refractivity contribution in [2.24, 2.45) is 7.05 Å². The number of halogens is 1. The highest BCUT2D eigenvalue weighted by Crippen LogP contribution is 2.20.